The third kappa shape index (κ3) is 4.60. The van der Waals surface area contributed by atoms with E-state index >= 15 is 0 Å². The van der Waals surface area contributed by atoms with Crippen LogP contribution in [0.25, 0.3) is 0 Å². The fourth-order valence-electron chi connectivity index (χ4n) is 3.56. The van der Waals surface area contributed by atoms with Gasteiger partial charge in [0, 0.05) is 31.7 Å². The predicted octanol–water partition coefficient (Wildman–Crippen LogP) is 1.23. The van der Waals surface area contributed by atoms with Gasteiger partial charge in [-0.3, -0.25) is 4.79 Å². The van der Waals surface area contributed by atoms with Crippen LogP contribution in [0.5, 0.6) is 0 Å². The summed E-state index contributed by atoms with van der Waals surface area (Å²) in [5, 5.41) is 2.06. The molecule has 1 aliphatic heterocycles. The lowest BCUT2D eigenvalue weighted by Crippen LogP contribution is -2.92. The molecule has 2 aromatic rings. The normalized spacial score (nSPS) is 17.9. The van der Waals surface area contributed by atoms with Crippen molar-refractivity contribution in [1.82, 2.24) is 9.21 Å². The number of carbonyl (C=O) groups excluding carboxylic acids is 1. The van der Waals surface area contributed by atoms with E-state index in [4.69, 9.17) is 0 Å². The molecule has 3 rings (SSSR count). The molecule has 1 saturated heterocycles. The fraction of sp³-hybridized carbons (Fsp3) is 0.381. The Labute approximate surface area is 167 Å². The Balaban J connectivity index is 1.56. The number of amides is 1. The molecule has 0 aliphatic carbocycles. The van der Waals surface area contributed by atoms with Crippen LogP contribution in [-0.4, -0.2) is 55.8 Å². The van der Waals surface area contributed by atoms with E-state index in [1.165, 1.54) is 9.87 Å². The molecule has 0 radical (unpaired) electrons. The molecule has 150 valence electrons. The van der Waals surface area contributed by atoms with Gasteiger partial charge in [-0.1, -0.05) is 48.5 Å². The number of sulfonamides is 1. The number of hydrogen-bond donors (Lipinski definition) is 1. The molecule has 7 heteroatoms. The Bertz CT molecular complexity index is 880. The lowest BCUT2D eigenvalue weighted by molar-refractivity contribution is -0.710. The molecule has 2 aromatic carbocycles. The highest BCUT2D eigenvalue weighted by Crippen LogP contribution is 2.17. The van der Waals surface area contributed by atoms with E-state index in [2.05, 4.69) is 24.4 Å². The van der Waals surface area contributed by atoms with Gasteiger partial charge in [0.1, 0.15) is 6.04 Å². The average molecular weight is 403 g/mol. The summed E-state index contributed by atoms with van der Waals surface area (Å²) in [6.45, 7) is 5.48. The highest BCUT2D eigenvalue weighted by Gasteiger charge is 2.32. The van der Waals surface area contributed by atoms with Gasteiger partial charge in [0.05, 0.1) is 4.90 Å². The maximum absolute atomic E-state index is 12.8. The maximum Gasteiger partial charge on any atom is 0.280 e. The first kappa shape index (κ1) is 20.5. The molecule has 1 heterocycles. The van der Waals surface area contributed by atoms with E-state index < -0.39 is 10.0 Å². The Hall–Kier alpha value is -2.22. The highest BCUT2D eigenvalue weighted by molar-refractivity contribution is 7.89. The van der Waals surface area contributed by atoms with Crippen LogP contribution in [0.2, 0.25) is 0 Å². The van der Waals surface area contributed by atoms with Crippen molar-refractivity contribution in [3.8, 4) is 0 Å². The minimum Gasteiger partial charge on any atom is -0.335 e. The number of hydrogen-bond acceptors (Lipinski definition) is 3. The lowest BCUT2D eigenvalue weighted by atomic mass is 10.1. The number of rotatable bonds is 6. The zero-order chi connectivity index (χ0) is 20.1. The Morgan fingerprint density at radius 3 is 2.00 bits per heavy atom. The van der Waals surface area contributed by atoms with Crippen LogP contribution in [0.1, 0.15) is 25.5 Å². The first-order valence-electron chi connectivity index (χ1n) is 9.63. The van der Waals surface area contributed by atoms with Crippen molar-refractivity contribution in [2.45, 2.75) is 30.8 Å². The van der Waals surface area contributed by atoms with Crippen molar-refractivity contribution in [3.63, 3.8) is 0 Å². The summed E-state index contributed by atoms with van der Waals surface area (Å²) in [6, 6.07) is 18.5. The first-order valence-corrected chi connectivity index (χ1v) is 11.1. The van der Waals surface area contributed by atoms with Gasteiger partial charge in [0.15, 0.2) is 6.04 Å². The SMILES string of the molecule is C[C@H]([NH2+][C@@H](C)c1ccccc1)C(=O)N1CCN(S(=O)(=O)c2ccccc2)CC1. The topological polar surface area (TPSA) is 74.3 Å². The van der Waals surface area contributed by atoms with Crippen LogP contribution < -0.4 is 5.32 Å². The molecule has 1 amide bonds. The van der Waals surface area contributed by atoms with E-state index in [1.807, 2.05) is 25.1 Å². The van der Waals surface area contributed by atoms with Crippen molar-refractivity contribution in [1.29, 1.82) is 0 Å². The third-order valence-electron chi connectivity index (χ3n) is 5.22. The number of nitrogens with zero attached hydrogens (tertiary/aromatic N) is 2. The van der Waals surface area contributed by atoms with Gasteiger partial charge in [0.25, 0.3) is 5.91 Å². The maximum atomic E-state index is 12.8. The summed E-state index contributed by atoms with van der Waals surface area (Å²) in [4.78, 5) is 14.9. The zero-order valence-electron chi connectivity index (χ0n) is 16.4. The molecule has 0 bridgehead atoms. The van der Waals surface area contributed by atoms with Gasteiger partial charge in [-0.05, 0) is 26.0 Å². The Morgan fingerprint density at radius 1 is 0.893 bits per heavy atom. The van der Waals surface area contributed by atoms with Crippen molar-refractivity contribution in [2.75, 3.05) is 26.2 Å². The first-order chi connectivity index (χ1) is 13.4. The van der Waals surface area contributed by atoms with Crippen LogP contribution in [0.4, 0.5) is 0 Å². The summed E-state index contributed by atoms with van der Waals surface area (Å²) in [7, 11) is -3.50. The Morgan fingerprint density at radius 2 is 1.43 bits per heavy atom. The van der Waals surface area contributed by atoms with Gasteiger partial charge in [-0.25, -0.2) is 8.42 Å². The molecule has 2 N–H and O–H groups in total. The van der Waals surface area contributed by atoms with Gasteiger partial charge >= 0.3 is 0 Å². The number of nitrogens with two attached hydrogens (primary N) is 1. The van der Waals surface area contributed by atoms with E-state index in [9.17, 15) is 13.2 Å². The van der Waals surface area contributed by atoms with E-state index in [-0.39, 0.29) is 18.0 Å². The van der Waals surface area contributed by atoms with E-state index in [0.717, 1.165) is 0 Å². The molecule has 0 aromatic heterocycles. The summed E-state index contributed by atoms with van der Waals surface area (Å²) in [6.07, 6.45) is 0. The molecular formula is C21H28N3O3S+. The molecule has 1 aliphatic rings. The van der Waals surface area contributed by atoms with E-state index in [0.29, 0.717) is 31.1 Å². The summed E-state index contributed by atoms with van der Waals surface area (Å²) < 4.78 is 26.9. The van der Waals surface area contributed by atoms with Crippen LogP contribution >= 0.6 is 0 Å². The van der Waals surface area contributed by atoms with Crippen molar-refractivity contribution in [3.05, 3.63) is 66.2 Å². The molecule has 0 spiro atoms. The van der Waals surface area contributed by atoms with E-state index in [1.54, 1.807) is 35.2 Å². The molecule has 2 atom stereocenters. The monoisotopic (exact) mass is 402 g/mol. The fourth-order valence-corrected chi connectivity index (χ4v) is 5.00. The second-order valence-electron chi connectivity index (χ2n) is 7.22. The van der Waals surface area contributed by atoms with Gasteiger partial charge in [-0.2, -0.15) is 4.31 Å². The van der Waals surface area contributed by atoms with Crippen molar-refractivity contribution >= 4 is 15.9 Å². The molecule has 6 nitrogen and oxygen atoms in total. The van der Waals surface area contributed by atoms with Crippen LogP contribution in [0.3, 0.4) is 0 Å². The van der Waals surface area contributed by atoms with Crippen molar-refractivity contribution < 1.29 is 18.5 Å². The number of piperazine rings is 1. The zero-order valence-corrected chi connectivity index (χ0v) is 17.2. The average Bonchev–Trinajstić information content (AvgIpc) is 2.74. The van der Waals surface area contributed by atoms with Crippen LogP contribution in [0.15, 0.2) is 65.6 Å². The van der Waals surface area contributed by atoms with Gasteiger partial charge in [-0.15, -0.1) is 0 Å². The minimum absolute atomic E-state index is 0.0551. The summed E-state index contributed by atoms with van der Waals surface area (Å²) >= 11 is 0. The molecule has 0 saturated carbocycles. The quantitative estimate of drug-likeness (QED) is 0.790. The standard InChI is InChI=1S/C21H27N3O3S/c1-17(19-9-5-3-6-10-19)22-18(2)21(25)23-13-15-24(16-14-23)28(26,27)20-11-7-4-8-12-20/h3-12,17-18,22H,13-16H2,1-2H3/p+1/t17-,18-/m0/s1. The van der Waals surface area contributed by atoms with Gasteiger partial charge in [0.2, 0.25) is 10.0 Å². The largest absolute Gasteiger partial charge is 0.335 e. The Kier molecular flexibility index (Phi) is 6.49. The summed E-state index contributed by atoms with van der Waals surface area (Å²) in [5.74, 6) is 0.0551. The third-order valence-corrected chi connectivity index (χ3v) is 7.14. The van der Waals surface area contributed by atoms with Crippen LogP contribution in [-0.2, 0) is 14.8 Å². The summed E-state index contributed by atoms with van der Waals surface area (Å²) in [5.41, 5.74) is 1.18. The highest BCUT2D eigenvalue weighted by atomic mass is 32.2. The lowest BCUT2D eigenvalue weighted by Gasteiger charge is -2.35. The molecule has 0 unspecified atom stereocenters. The number of quaternary nitrogens is 1. The number of benzene rings is 2. The van der Waals surface area contributed by atoms with Crippen molar-refractivity contribution in [2.24, 2.45) is 0 Å². The second-order valence-corrected chi connectivity index (χ2v) is 9.16. The second kappa shape index (κ2) is 8.86. The minimum atomic E-state index is -3.50. The molecule has 1 fully saturated rings. The molecular weight excluding hydrogens is 374 g/mol. The predicted molar refractivity (Wildman–Crippen MR) is 108 cm³/mol. The molecule has 28 heavy (non-hydrogen) atoms. The number of carbonyl (C=O) groups is 1. The van der Waals surface area contributed by atoms with Crippen LogP contribution in [0, 0.1) is 0 Å². The van der Waals surface area contributed by atoms with Gasteiger partial charge < -0.3 is 10.2 Å². The smallest absolute Gasteiger partial charge is 0.280 e.